The second-order valence-electron chi connectivity index (χ2n) is 11.9. The predicted octanol–water partition coefficient (Wildman–Crippen LogP) is 6.95. The Kier molecular flexibility index (Phi) is 9.95. The number of non-ortho nitro benzene ring substituents is 1. The van der Waals surface area contributed by atoms with Crippen molar-refractivity contribution in [2.24, 2.45) is 0 Å². The molecule has 3 aromatic carbocycles. The molecular weight excluding hydrogens is 566 g/mol. The van der Waals surface area contributed by atoms with Crippen LogP contribution < -0.4 is 0 Å². The van der Waals surface area contributed by atoms with Gasteiger partial charge in [0.1, 0.15) is 12.2 Å². The molecule has 4 atom stereocenters. The smallest absolute Gasteiger partial charge is 0.338 e. The van der Waals surface area contributed by atoms with Crippen molar-refractivity contribution in [1.29, 1.82) is 0 Å². The molecule has 43 heavy (non-hydrogen) atoms. The topological polar surface area (TPSA) is 114 Å². The van der Waals surface area contributed by atoms with Crippen molar-refractivity contribution in [3.8, 4) is 0 Å². The SMILES string of the molecule is CC(C)(C)[Si](C)(C)O[C@H](c1ccccc1)[C@@H](OCc1ccccc1)[C@@H]1OC(=O)C=C[C@@H]1OC(=O)c1ccc([N+](=O)[O-])cc1. The Morgan fingerprint density at radius 1 is 0.977 bits per heavy atom. The van der Waals surface area contributed by atoms with E-state index in [9.17, 15) is 19.7 Å². The molecule has 0 saturated carbocycles. The molecule has 4 rings (SSSR count). The van der Waals surface area contributed by atoms with Gasteiger partial charge in [-0.15, -0.1) is 0 Å². The van der Waals surface area contributed by atoms with Crippen LogP contribution in [0.5, 0.6) is 0 Å². The molecule has 0 saturated heterocycles. The highest BCUT2D eigenvalue weighted by Gasteiger charge is 2.47. The number of ether oxygens (including phenoxy) is 3. The summed E-state index contributed by atoms with van der Waals surface area (Å²) in [5.74, 6) is -1.32. The number of carbonyl (C=O) groups excluding carboxylic acids is 2. The first-order chi connectivity index (χ1) is 20.4. The summed E-state index contributed by atoms with van der Waals surface area (Å²) in [5, 5.41) is 10.9. The summed E-state index contributed by atoms with van der Waals surface area (Å²) in [6.07, 6.45) is -0.929. The fraction of sp³-hybridized carbons (Fsp3) is 0.333. The molecular formula is C33H37NO8Si. The number of nitro groups is 1. The molecule has 0 N–H and O–H groups in total. The van der Waals surface area contributed by atoms with E-state index >= 15 is 0 Å². The van der Waals surface area contributed by atoms with Crippen LogP contribution in [-0.4, -0.2) is 43.5 Å². The average Bonchev–Trinajstić information content (AvgIpc) is 2.98. The highest BCUT2D eigenvalue weighted by molar-refractivity contribution is 6.74. The van der Waals surface area contributed by atoms with Crippen LogP contribution >= 0.6 is 0 Å². The van der Waals surface area contributed by atoms with E-state index in [2.05, 4.69) is 33.9 Å². The van der Waals surface area contributed by atoms with Crippen molar-refractivity contribution >= 4 is 25.9 Å². The number of esters is 2. The van der Waals surface area contributed by atoms with E-state index in [0.717, 1.165) is 11.1 Å². The first-order valence-electron chi connectivity index (χ1n) is 14.1. The zero-order valence-electron chi connectivity index (χ0n) is 25.0. The molecule has 0 unspecified atom stereocenters. The second-order valence-corrected chi connectivity index (χ2v) is 16.7. The molecule has 0 aromatic heterocycles. The number of hydrogen-bond donors (Lipinski definition) is 0. The van der Waals surface area contributed by atoms with Crippen molar-refractivity contribution in [3.63, 3.8) is 0 Å². The van der Waals surface area contributed by atoms with Crippen molar-refractivity contribution in [2.45, 2.75) is 69.9 Å². The van der Waals surface area contributed by atoms with E-state index in [1.165, 1.54) is 36.4 Å². The van der Waals surface area contributed by atoms with Crippen LogP contribution in [0.3, 0.4) is 0 Å². The van der Waals surface area contributed by atoms with E-state index in [4.69, 9.17) is 18.6 Å². The molecule has 226 valence electrons. The first kappa shape index (κ1) is 31.8. The van der Waals surface area contributed by atoms with Gasteiger partial charge in [-0.05, 0) is 47.5 Å². The average molecular weight is 604 g/mol. The molecule has 0 spiro atoms. The number of nitro benzene ring substituents is 1. The van der Waals surface area contributed by atoms with Crippen molar-refractivity contribution in [1.82, 2.24) is 0 Å². The lowest BCUT2D eigenvalue weighted by atomic mass is 9.95. The molecule has 1 aliphatic rings. The minimum atomic E-state index is -2.43. The monoisotopic (exact) mass is 603 g/mol. The highest BCUT2D eigenvalue weighted by Crippen LogP contribution is 2.42. The molecule has 9 nitrogen and oxygen atoms in total. The Labute approximate surface area is 252 Å². The lowest BCUT2D eigenvalue weighted by Gasteiger charge is -2.44. The van der Waals surface area contributed by atoms with Crippen LogP contribution in [0.1, 0.15) is 48.4 Å². The lowest BCUT2D eigenvalue weighted by Crippen LogP contribution is -2.52. The van der Waals surface area contributed by atoms with Gasteiger partial charge in [0.15, 0.2) is 20.5 Å². The largest absolute Gasteiger partial charge is 0.452 e. The number of benzene rings is 3. The third kappa shape index (κ3) is 8.04. The Bertz CT molecular complexity index is 1440. The van der Waals surface area contributed by atoms with Gasteiger partial charge in [-0.1, -0.05) is 81.4 Å². The zero-order valence-corrected chi connectivity index (χ0v) is 26.0. The summed E-state index contributed by atoms with van der Waals surface area (Å²) < 4.78 is 25.3. The van der Waals surface area contributed by atoms with E-state index in [0.29, 0.717) is 0 Å². The molecule has 0 bridgehead atoms. The highest BCUT2D eigenvalue weighted by atomic mass is 28.4. The van der Waals surface area contributed by atoms with E-state index in [1.807, 2.05) is 60.7 Å². The molecule has 0 amide bonds. The number of rotatable bonds is 11. The Morgan fingerprint density at radius 2 is 1.58 bits per heavy atom. The van der Waals surface area contributed by atoms with Crippen molar-refractivity contribution in [2.75, 3.05) is 0 Å². The van der Waals surface area contributed by atoms with Crippen LogP contribution in [0.4, 0.5) is 5.69 Å². The van der Waals surface area contributed by atoms with Gasteiger partial charge in [0.2, 0.25) is 0 Å². The number of hydrogen-bond acceptors (Lipinski definition) is 8. The van der Waals surface area contributed by atoms with E-state index < -0.39 is 49.6 Å². The van der Waals surface area contributed by atoms with Crippen molar-refractivity contribution in [3.05, 3.63) is 124 Å². The third-order valence-corrected chi connectivity index (χ3v) is 12.3. The summed E-state index contributed by atoms with van der Waals surface area (Å²) in [6.45, 7) is 10.9. The minimum Gasteiger partial charge on any atom is -0.452 e. The molecule has 3 aromatic rings. The molecule has 1 heterocycles. The molecule has 0 aliphatic carbocycles. The second kappa shape index (κ2) is 13.5. The summed E-state index contributed by atoms with van der Waals surface area (Å²) in [4.78, 5) is 36.4. The fourth-order valence-corrected chi connectivity index (χ4v) is 5.64. The maximum Gasteiger partial charge on any atom is 0.338 e. The predicted molar refractivity (Wildman–Crippen MR) is 164 cm³/mol. The van der Waals surface area contributed by atoms with Gasteiger partial charge in [0.05, 0.1) is 17.1 Å². The van der Waals surface area contributed by atoms with E-state index in [-0.39, 0.29) is 22.9 Å². The van der Waals surface area contributed by atoms with Gasteiger partial charge in [0, 0.05) is 18.2 Å². The van der Waals surface area contributed by atoms with Gasteiger partial charge >= 0.3 is 11.9 Å². The third-order valence-electron chi connectivity index (χ3n) is 7.82. The summed E-state index contributed by atoms with van der Waals surface area (Å²) in [6, 6.07) is 24.3. The minimum absolute atomic E-state index is 0.119. The van der Waals surface area contributed by atoms with Gasteiger partial charge in [-0.2, -0.15) is 0 Å². The molecule has 10 heteroatoms. The van der Waals surface area contributed by atoms with Crippen LogP contribution in [0.25, 0.3) is 0 Å². The number of cyclic esters (lactones) is 1. The summed E-state index contributed by atoms with van der Waals surface area (Å²) >= 11 is 0. The quantitative estimate of drug-likeness (QED) is 0.100. The van der Waals surface area contributed by atoms with Gasteiger partial charge in [0.25, 0.3) is 5.69 Å². The maximum atomic E-state index is 13.2. The van der Waals surface area contributed by atoms with Crippen LogP contribution in [0, 0.1) is 10.1 Å². The summed E-state index contributed by atoms with van der Waals surface area (Å²) in [5.41, 5.74) is 1.71. The standard InChI is InChI=1S/C33H37NO8Si/c1-33(2,3)43(4,5)42-29(24-14-10-7-11-15-24)31(39-22-23-12-8-6-9-13-23)30-27(20-21-28(35)41-30)40-32(36)25-16-18-26(19-17-25)34(37)38/h6-21,27,29-31H,22H2,1-5H3/t27-,29+,30+,31+/m0/s1. The number of carbonyl (C=O) groups is 2. The molecule has 1 aliphatic heterocycles. The maximum absolute atomic E-state index is 13.2. The molecule has 0 fully saturated rings. The fourth-order valence-electron chi connectivity index (χ4n) is 4.38. The number of nitrogens with zero attached hydrogens (tertiary/aromatic N) is 1. The Morgan fingerprint density at radius 3 is 2.16 bits per heavy atom. The zero-order chi connectivity index (χ0) is 31.2. The normalized spacial score (nSPS) is 18.4. The van der Waals surface area contributed by atoms with Crippen LogP contribution in [0.15, 0.2) is 97.1 Å². The van der Waals surface area contributed by atoms with Gasteiger partial charge in [-0.3, -0.25) is 10.1 Å². The van der Waals surface area contributed by atoms with E-state index in [1.54, 1.807) is 0 Å². The first-order valence-corrected chi connectivity index (χ1v) is 17.0. The Balaban J connectivity index is 1.73. The summed E-state index contributed by atoms with van der Waals surface area (Å²) in [7, 11) is -2.43. The van der Waals surface area contributed by atoms with Crippen LogP contribution in [0.2, 0.25) is 18.1 Å². The van der Waals surface area contributed by atoms with Gasteiger partial charge < -0.3 is 18.6 Å². The lowest BCUT2D eigenvalue weighted by molar-refractivity contribution is -0.384. The van der Waals surface area contributed by atoms with Crippen molar-refractivity contribution < 1.29 is 33.1 Å². The van der Waals surface area contributed by atoms with Crippen LogP contribution in [-0.2, 0) is 30.0 Å². The molecule has 0 radical (unpaired) electrons. The Hall–Kier alpha value is -4.12. The van der Waals surface area contributed by atoms with Gasteiger partial charge in [-0.25, -0.2) is 9.59 Å².